The number of benzene rings is 1. The summed E-state index contributed by atoms with van der Waals surface area (Å²) in [5.41, 5.74) is 0.524. The zero-order valence-electron chi connectivity index (χ0n) is 11.5. The summed E-state index contributed by atoms with van der Waals surface area (Å²) in [6.45, 7) is 2.64. The lowest BCUT2D eigenvalue weighted by molar-refractivity contribution is -0.385. The van der Waals surface area contributed by atoms with Crippen LogP contribution in [0, 0.1) is 10.1 Å². The second-order valence-corrected chi connectivity index (χ2v) is 5.61. The van der Waals surface area contributed by atoms with Crippen LogP contribution in [0.3, 0.4) is 0 Å². The van der Waals surface area contributed by atoms with Crippen LogP contribution in [0.2, 0.25) is 0 Å². The van der Waals surface area contributed by atoms with Crippen LogP contribution in [0.5, 0.6) is 5.75 Å². The molecule has 1 aromatic carbocycles. The van der Waals surface area contributed by atoms with E-state index in [9.17, 15) is 20.0 Å². The molecule has 2 rings (SSSR count). The van der Waals surface area contributed by atoms with Gasteiger partial charge in [-0.15, -0.1) is 0 Å². The number of thioether (sulfide) groups is 1. The van der Waals surface area contributed by atoms with Gasteiger partial charge in [0.25, 0.3) is 0 Å². The zero-order chi connectivity index (χ0) is 15.4. The standard InChI is InChI=1S/C13H16N2O5S/c1-2-20-12-7-9(3-4-10(12)15(18)19)14-5-6-21-8-11(14)13(16)17/h3-4,7,11H,2,5-6,8H2,1H3,(H,16,17). The molecular weight excluding hydrogens is 296 g/mol. The van der Waals surface area contributed by atoms with Gasteiger partial charge in [-0.25, -0.2) is 4.79 Å². The Kier molecular flexibility index (Phi) is 4.89. The molecule has 1 fully saturated rings. The molecule has 1 aromatic rings. The van der Waals surface area contributed by atoms with Crippen molar-refractivity contribution in [2.45, 2.75) is 13.0 Å². The predicted molar refractivity (Wildman–Crippen MR) is 80.4 cm³/mol. The fourth-order valence-electron chi connectivity index (χ4n) is 2.22. The number of anilines is 1. The smallest absolute Gasteiger partial charge is 0.327 e. The molecule has 0 amide bonds. The number of carboxylic acids is 1. The first kappa shape index (κ1) is 15.4. The van der Waals surface area contributed by atoms with E-state index in [0.717, 1.165) is 5.75 Å². The largest absolute Gasteiger partial charge is 0.487 e. The summed E-state index contributed by atoms with van der Waals surface area (Å²) in [4.78, 5) is 23.6. The summed E-state index contributed by atoms with van der Waals surface area (Å²) < 4.78 is 5.30. The maximum atomic E-state index is 11.3. The molecule has 1 saturated heterocycles. The molecular formula is C13H16N2O5S. The quantitative estimate of drug-likeness (QED) is 0.656. The minimum Gasteiger partial charge on any atom is -0.487 e. The molecule has 1 aliphatic heterocycles. The maximum absolute atomic E-state index is 11.3. The summed E-state index contributed by atoms with van der Waals surface area (Å²) in [6.07, 6.45) is 0. The van der Waals surface area contributed by atoms with Crippen LogP contribution in [0.1, 0.15) is 6.92 Å². The molecule has 8 heteroatoms. The summed E-state index contributed by atoms with van der Waals surface area (Å²) in [5, 5.41) is 20.3. The molecule has 0 aliphatic carbocycles. The van der Waals surface area contributed by atoms with Gasteiger partial charge >= 0.3 is 11.7 Å². The van der Waals surface area contributed by atoms with Crippen LogP contribution in [-0.2, 0) is 4.79 Å². The van der Waals surface area contributed by atoms with Crippen molar-refractivity contribution >= 4 is 29.1 Å². The Morgan fingerprint density at radius 1 is 1.62 bits per heavy atom. The van der Waals surface area contributed by atoms with Crippen molar-refractivity contribution in [1.29, 1.82) is 0 Å². The predicted octanol–water partition coefficient (Wildman–Crippen LogP) is 2.00. The van der Waals surface area contributed by atoms with Gasteiger partial charge in [-0.05, 0) is 13.0 Å². The molecule has 1 N–H and O–H groups in total. The average Bonchev–Trinajstić information content (AvgIpc) is 2.47. The Labute approximate surface area is 126 Å². The molecule has 1 heterocycles. The van der Waals surface area contributed by atoms with Crippen molar-refractivity contribution in [3.05, 3.63) is 28.3 Å². The highest BCUT2D eigenvalue weighted by molar-refractivity contribution is 7.99. The van der Waals surface area contributed by atoms with Crippen LogP contribution in [0.25, 0.3) is 0 Å². The number of nitro benzene ring substituents is 1. The Morgan fingerprint density at radius 2 is 2.38 bits per heavy atom. The van der Waals surface area contributed by atoms with Crippen molar-refractivity contribution in [2.75, 3.05) is 29.6 Å². The number of aliphatic carboxylic acids is 1. The minimum atomic E-state index is -0.890. The molecule has 0 radical (unpaired) electrons. The molecule has 0 bridgehead atoms. The number of nitro groups is 1. The van der Waals surface area contributed by atoms with E-state index in [0.29, 0.717) is 24.6 Å². The van der Waals surface area contributed by atoms with E-state index in [4.69, 9.17) is 4.74 Å². The van der Waals surface area contributed by atoms with Gasteiger partial charge < -0.3 is 14.7 Å². The molecule has 1 unspecified atom stereocenters. The van der Waals surface area contributed by atoms with E-state index in [-0.39, 0.29) is 11.4 Å². The van der Waals surface area contributed by atoms with Gasteiger partial charge in [0, 0.05) is 35.9 Å². The monoisotopic (exact) mass is 312 g/mol. The van der Waals surface area contributed by atoms with Crippen LogP contribution >= 0.6 is 11.8 Å². The van der Waals surface area contributed by atoms with Crippen molar-refractivity contribution < 1.29 is 19.6 Å². The summed E-state index contributed by atoms with van der Waals surface area (Å²) in [6, 6.07) is 3.86. The first-order valence-electron chi connectivity index (χ1n) is 6.53. The van der Waals surface area contributed by atoms with E-state index in [2.05, 4.69) is 0 Å². The van der Waals surface area contributed by atoms with E-state index < -0.39 is 16.9 Å². The Balaban J connectivity index is 2.36. The minimum absolute atomic E-state index is 0.112. The van der Waals surface area contributed by atoms with Crippen LogP contribution < -0.4 is 9.64 Å². The first-order valence-corrected chi connectivity index (χ1v) is 7.68. The highest BCUT2D eigenvalue weighted by atomic mass is 32.2. The normalized spacial score (nSPS) is 18.3. The highest BCUT2D eigenvalue weighted by Gasteiger charge is 2.30. The second kappa shape index (κ2) is 6.66. The van der Waals surface area contributed by atoms with Crippen LogP contribution in [0.4, 0.5) is 11.4 Å². The van der Waals surface area contributed by atoms with Gasteiger partial charge in [-0.3, -0.25) is 10.1 Å². The van der Waals surface area contributed by atoms with E-state index in [1.807, 2.05) is 0 Å². The fraction of sp³-hybridized carbons (Fsp3) is 0.462. The van der Waals surface area contributed by atoms with Gasteiger partial charge in [0.05, 0.1) is 11.5 Å². The van der Waals surface area contributed by atoms with Gasteiger partial charge in [-0.2, -0.15) is 11.8 Å². The Morgan fingerprint density at radius 3 is 3.00 bits per heavy atom. The number of carboxylic acid groups (broad SMARTS) is 1. The van der Waals surface area contributed by atoms with E-state index >= 15 is 0 Å². The SMILES string of the molecule is CCOc1cc(N2CCSCC2C(=O)O)ccc1[N+](=O)[O-]. The number of ether oxygens (including phenoxy) is 1. The Hall–Kier alpha value is -1.96. The molecule has 0 aromatic heterocycles. The number of hydrogen-bond acceptors (Lipinski definition) is 6. The first-order chi connectivity index (χ1) is 10.0. The molecule has 114 valence electrons. The topological polar surface area (TPSA) is 92.9 Å². The molecule has 0 spiro atoms. The lowest BCUT2D eigenvalue weighted by Crippen LogP contribution is -2.47. The van der Waals surface area contributed by atoms with E-state index in [1.54, 1.807) is 35.7 Å². The lowest BCUT2D eigenvalue weighted by atomic mass is 10.2. The van der Waals surface area contributed by atoms with Crippen LogP contribution in [-0.4, -0.2) is 46.7 Å². The molecule has 7 nitrogen and oxygen atoms in total. The van der Waals surface area contributed by atoms with Gasteiger partial charge in [0.15, 0.2) is 5.75 Å². The Bertz CT molecular complexity index is 551. The fourth-order valence-corrected chi connectivity index (χ4v) is 3.26. The third-order valence-corrected chi connectivity index (χ3v) is 4.21. The molecule has 0 saturated carbocycles. The molecule has 21 heavy (non-hydrogen) atoms. The summed E-state index contributed by atoms with van der Waals surface area (Å²) in [7, 11) is 0. The lowest BCUT2D eigenvalue weighted by Gasteiger charge is -2.34. The summed E-state index contributed by atoms with van der Waals surface area (Å²) in [5.74, 6) is 0.599. The van der Waals surface area contributed by atoms with Gasteiger partial charge in [0.2, 0.25) is 0 Å². The van der Waals surface area contributed by atoms with Gasteiger partial charge in [0.1, 0.15) is 6.04 Å². The molecule has 1 aliphatic rings. The van der Waals surface area contributed by atoms with Gasteiger partial charge in [-0.1, -0.05) is 0 Å². The third-order valence-electron chi connectivity index (χ3n) is 3.19. The number of carbonyl (C=O) groups is 1. The average molecular weight is 312 g/mol. The van der Waals surface area contributed by atoms with Crippen LogP contribution in [0.15, 0.2) is 18.2 Å². The zero-order valence-corrected chi connectivity index (χ0v) is 12.3. The number of hydrogen-bond donors (Lipinski definition) is 1. The molecule has 1 atom stereocenters. The number of rotatable bonds is 5. The summed E-state index contributed by atoms with van der Waals surface area (Å²) >= 11 is 1.59. The second-order valence-electron chi connectivity index (χ2n) is 4.46. The maximum Gasteiger partial charge on any atom is 0.327 e. The number of nitrogens with zero attached hydrogens (tertiary/aromatic N) is 2. The van der Waals surface area contributed by atoms with E-state index in [1.165, 1.54) is 6.07 Å². The van der Waals surface area contributed by atoms with Crippen molar-refractivity contribution in [3.63, 3.8) is 0 Å². The highest BCUT2D eigenvalue weighted by Crippen LogP contribution is 2.33. The van der Waals surface area contributed by atoms with Crippen molar-refractivity contribution in [2.24, 2.45) is 0 Å². The van der Waals surface area contributed by atoms with Crippen molar-refractivity contribution in [1.82, 2.24) is 0 Å². The third kappa shape index (κ3) is 3.38. The van der Waals surface area contributed by atoms with Crippen molar-refractivity contribution in [3.8, 4) is 5.75 Å².